The molecule has 0 bridgehead atoms. The van der Waals surface area contributed by atoms with E-state index in [-0.39, 0.29) is 5.75 Å². The van der Waals surface area contributed by atoms with Gasteiger partial charge in [-0.25, -0.2) is 13.1 Å². The molecule has 0 unspecified atom stereocenters. The summed E-state index contributed by atoms with van der Waals surface area (Å²) in [6.07, 6.45) is 0.674. The van der Waals surface area contributed by atoms with Crippen molar-refractivity contribution in [1.82, 2.24) is 15.4 Å². The summed E-state index contributed by atoms with van der Waals surface area (Å²) >= 11 is 0. The summed E-state index contributed by atoms with van der Waals surface area (Å²) in [5.41, 5.74) is 2.19. The van der Waals surface area contributed by atoms with Crippen molar-refractivity contribution in [3.63, 3.8) is 0 Å². The molecule has 3 N–H and O–H groups in total. The van der Waals surface area contributed by atoms with Gasteiger partial charge in [-0.2, -0.15) is 0 Å². The Morgan fingerprint density at radius 2 is 2.00 bits per heavy atom. The van der Waals surface area contributed by atoms with E-state index in [0.29, 0.717) is 32.0 Å². The Balaban J connectivity index is 2.38. The van der Waals surface area contributed by atoms with Gasteiger partial charge in [-0.3, -0.25) is 4.99 Å². The van der Waals surface area contributed by atoms with Crippen LogP contribution in [0.4, 0.5) is 0 Å². The molecule has 1 aromatic carbocycles. The van der Waals surface area contributed by atoms with Crippen LogP contribution >= 0.6 is 0 Å². The van der Waals surface area contributed by atoms with Crippen LogP contribution in [0.2, 0.25) is 0 Å². The Hall–Kier alpha value is -1.80. The smallest absolute Gasteiger partial charge is 0.211 e. The molecule has 136 valence electrons. The summed E-state index contributed by atoms with van der Waals surface area (Å²) < 4.78 is 30.5. The van der Waals surface area contributed by atoms with Crippen LogP contribution in [0, 0.1) is 6.92 Å². The van der Waals surface area contributed by atoms with E-state index < -0.39 is 10.0 Å². The Morgan fingerprint density at radius 1 is 1.25 bits per heavy atom. The number of hydrogen-bond donors (Lipinski definition) is 3. The average Bonchev–Trinajstić information content (AvgIpc) is 2.58. The largest absolute Gasteiger partial charge is 0.496 e. The molecule has 0 heterocycles. The van der Waals surface area contributed by atoms with Gasteiger partial charge in [0.2, 0.25) is 10.0 Å². The molecule has 0 aliphatic heterocycles. The van der Waals surface area contributed by atoms with Gasteiger partial charge in [0.15, 0.2) is 5.96 Å². The van der Waals surface area contributed by atoms with Gasteiger partial charge in [0.25, 0.3) is 0 Å². The van der Waals surface area contributed by atoms with Crippen molar-refractivity contribution in [2.75, 3.05) is 33.0 Å². The molecule has 0 aromatic heterocycles. The Kier molecular flexibility index (Phi) is 8.56. The predicted octanol–water partition coefficient (Wildman–Crippen LogP) is 0.998. The highest BCUT2D eigenvalue weighted by Gasteiger charge is 2.06. The zero-order valence-electron chi connectivity index (χ0n) is 14.8. The third-order valence-corrected chi connectivity index (χ3v) is 4.86. The van der Waals surface area contributed by atoms with Crippen molar-refractivity contribution in [3.05, 3.63) is 29.3 Å². The number of rotatable bonds is 9. The summed E-state index contributed by atoms with van der Waals surface area (Å²) in [6.45, 7) is 5.26. The Bertz CT molecular complexity index is 645. The van der Waals surface area contributed by atoms with Gasteiger partial charge in [0.1, 0.15) is 5.75 Å². The first-order chi connectivity index (χ1) is 11.4. The molecule has 8 heteroatoms. The van der Waals surface area contributed by atoms with Gasteiger partial charge < -0.3 is 15.4 Å². The SMILES string of the molecule is CCS(=O)(=O)NCCCNC(=NC)NCc1ccc(C)cc1OC. The van der Waals surface area contributed by atoms with E-state index in [1.54, 1.807) is 21.1 Å². The molecular formula is C16H28N4O3S. The topological polar surface area (TPSA) is 91.8 Å². The third kappa shape index (κ3) is 7.18. The van der Waals surface area contributed by atoms with Gasteiger partial charge in [0, 0.05) is 32.2 Å². The molecule has 0 aliphatic rings. The molecule has 0 saturated heterocycles. The maximum absolute atomic E-state index is 11.3. The minimum absolute atomic E-state index is 0.0992. The second kappa shape index (κ2) is 10.1. The van der Waals surface area contributed by atoms with Crippen LogP contribution in [-0.4, -0.2) is 47.4 Å². The molecule has 0 amide bonds. The van der Waals surface area contributed by atoms with E-state index in [0.717, 1.165) is 16.9 Å². The lowest BCUT2D eigenvalue weighted by atomic mass is 10.1. The Morgan fingerprint density at radius 3 is 2.62 bits per heavy atom. The fourth-order valence-electron chi connectivity index (χ4n) is 2.02. The van der Waals surface area contributed by atoms with Gasteiger partial charge in [-0.15, -0.1) is 0 Å². The quantitative estimate of drug-likeness (QED) is 0.349. The minimum atomic E-state index is -3.12. The molecule has 1 aromatic rings. The molecule has 0 aliphatic carbocycles. The van der Waals surface area contributed by atoms with E-state index >= 15 is 0 Å². The predicted molar refractivity (Wildman–Crippen MR) is 98.0 cm³/mol. The fraction of sp³-hybridized carbons (Fsp3) is 0.562. The molecule has 0 fully saturated rings. The van der Waals surface area contributed by atoms with Crippen LogP contribution in [0.5, 0.6) is 5.75 Å². The Labute approximate surface area is 145 Å². The average molecular weight is 356 g/mol. The van der Waals surface area contributed by atoms with Crippen molar-refractivity contribution in [1.29, 1.82) is 0 Å². The molecule has 0 spiro atoms. The summed E-state index contributed by atoms with van der Waals surface area (Å²) in [5.74, 6) is 1.60. The fourth-order valence-corrected chi connectivity index (χ4v) is 2.68. The van der Waals surface area contributed by atoms with Crippen molar-refractivity contribution in [2.24, 2.45) is 4.99 Å². The molecule has 0 radical (unpaired) electrons. The van der Waals surface area contributed by atoms with Crippen LogP contribution in [0.1, 0.15) is 24.5 Å². The number of aliphatic imine (C=N–C) groups is 1. The lowest BCUT2D eigenvalue weighted by Gasteiger charge is -2.14. The zero-order valence-corrected chi connectivity index (χ0v) is 15.7. The van der Waals surface area contributed by atoms with Crippen LogP contribution in [0.3, 0.4) is 0 Å². The molecule has 0 saturated carbocycles. The second-order valence-electron chi connectivity index (χ2n) is 5.32. The lowest BCUT2D eigenvalue weighted by Crippen LogP contribution is -2.38. The number of sulfonamides is 1. The van der Waals surface area contributed by atoms with Crippen LogP contribution in [0.25, 0.3) is 0 Å². The van der Waals surface area contributed by atoms with Gasteiger partial charge in [-0.1, -0.05) is 12.1 Å². The van der Waals surface area contributed by atoms with Crippen molar-refractivity contribution in [3.8, 4) is 5.75 Å². The van der Waals surface area contributed by atoms with Crippen molar-refractivity contribution in [2.45, 2.75) is 26.8 Å². The number of methoxy groups -OCH3 is 1. The minimum Gasteiger partial charge on any atom is -0.496 e. The molecule has 1 rings (SSSR count). The normalized spacial score (nSPS) is 12.1. The summed E-state index contributed by atoms with van der Waals surface area (Å²) in [7, 11) is 0.231. The highest BCUT2D eigenvalue weighted by atomic mass is 32.2. The maximum Gasteiger partial charge on any atom is 0.211 e. The summed E-state index contributed by atoms with van der Waals surface area (Å²) in [4.78, 5) is 4.15. The number of nitrogens with one attached hydrogen (secondary N) is 3. The summed E-state index contributed by atoms with van der Waals surface area (Å²) in [5, 5.41) is 6.37. The highest BCUT2D eigenvalue weighted by molar-refractivity contribution is 7.89. The number of guanidine groups is 1. The van der Waals surface area contributed by atoms with E-state index in [1.165, 1.54) is 0 Å². The van der Waals surface area contributed by atoms with E-state index in [1.807, 2.05) is 25.1 Å². The maximum atomic E-state index is 11.3. The standard InChI is InChI=1S/C16H28N4O3S/c1-5-24(21,22)20-10-6-9-18-16(17-3)19-12-14-8-7-13(2)11-15(14)23-4/h7-8,11,20H,5-6,9-10,12H2,1-4H3,(H2,17,18,19). The number of aryl methyl sites for hydroxylation is 1. The van der Waals surface area contributed by atoms with Gasteiger partial charge in [0.05, 0.1) is 12.9 Å². The number of benzene rings is 1. The second-order valence-corrected chi connectivity index (χ2v) is 7.41. The first kappa shape index (κ1) is 20.2. The van der Waals surface area contributed by atoms with Crippen LogP contribution < -0.4 is 20.1 Å². The third-order valence-electron chi connectivity index (χ3n) is 3.46. The first-order valence-corrected chi connectivity index (χ1v) is 9.62. The molecular weight excluding hydrogens is 328 g/mol. The van der Waals surface area contributed by atoms with E-state index in [9.17, 15) is 8.42 Å². The molecule has 7 nitrogen and oxygen atoms in total. The van der Waals surface area contributed by atoms with Crippen molar-refractivity contribution < 1.29 is 13.2 Å². The van der Waals surface area contributed by atoms with Crippen LogP contribution in [0.15, 0.2) is 23.2 Å². The zero-order chi connectivity index (χ0) is 18.0. The molecule has 24 heavy (non-hydrogen) atoms. The van der Waals surface area contributed by atoms with Crippen molar-refractivity contribution >= 4 is 16.0 Å². The van der Waals surface area contributed by atoms with Crippen LogP contribution in [-0.2, 0) is 16.6 Å². The van der Waals surface area contributed by atoms with Gasteiger partial charge in [-0.05, 0) is 31.9 Å². The number of nitrogens with zero attached hydrogens (tertiary/aromatic N) is 1. The lowest BCUT2D eigenvalue weighted by molar-refractivity contribution is 0.408. The number of ether oxygens (including phenoxy) is 1. The van der Waals surface area contributed by atoms with Gasteiger partial charge >= 0.3 is 0 Å². The summed E-state index contributed by atoms with van der Waals surface area (Å²) in [6, 6.07) is 6.05. The van der Waals surface area contributed by atoms with E-state index in [4.69, 9.17) is 4.74 Å². The first-order valence-electron chi connectivity index (χ1n) is 7.97. The van der Waals surface area contributed by atoms with E-state index in [2.05, 4.69) is 20.3 Å². The number of hydrogen-bond acceptors (Lipinski definition) is 4. The monoisotopic (exact) mass is 356 g/mol. The highest BCUT2D eigenvalue weighted by Crippen LogP contribution is 2.19. The molecule has 0 atom stereocenters.